The number of aryl methyl sites for hydroxylation is 3. The summed E-state index contributed by atoms with van der Waals surface area (Å²) in [6.07, 6.45) is 0. The zero-order valence-electron chi connectivity index (χ0n) is 15.2. The van der Waals surface area contributed by atoms with Crippen LogP contribution in [0, 0.1) is 20.8 Å². The van der Waals surface area contributed by atoms with Crippen molar-refractivity contribution in [2.24, 2.45) is 0 Å². The highest BCUT2D eigenvalue weighted by Gasteiger charge is 2.19. The van der Waals surface area contributed by atoms with E-state index in [2.05, 4.69) is 10.4 Å². The molecule has 0 fully saturated rings. The minimum absolute atomic E-state index is 0.0578. The van der Waals surface area contributed by atoms with Crippen molar-refractivity contribution in [3.8, 4) is 5.75 Å². The lowest BCUT2D eigenvalue weighted by Crippen LogP contribution is -2.30. The van der Waals surface area contributed by atoms with Crippen molar-refractivity contribution in [3.63, 3.8) is 0 Å². The predicted octanol–water partition coefficient (Wildman–Crippen LogP) is 3.55. The Labute approximate surface area is 146 Å². The highest BCUT2D eigenvalue weighted by Crippen LogP contribution is 2.28. The number of nitrogens with one attached hydrogen (secondary N) is 1. The molecule has 0 aliphatic heterocycles. The maximum Gasteiger partial charge on any atom is 0.287 e. The van der Waals surface area contributed by atoms with Crippen LogP contribution < -0.4 is 10.1 Å². The fourth-order valence-electron chi connectivity index (χ4n) is 3.05. The lowest BCUT2D eigenvalue weighted by atomic mass is 10.1. The summed E-state index contributed by atoms with van der Waals surface area (Å²) in [6, 6.07) is 7.63. The summed E-state index contributed by atoms with van der Waals surface area (Å²) < 4.78 is 12.9. The molecule has 1 aromatic carbocycles. The summed E-state index contributed by atoms with van der Waals surface area (Å²) in [7, 11) is 1.60. The molecule has 132 valence electrons. The molecule has 0 radical (unpaired) electrons. The average molecular weight is 341 g/mol. The highest BCUT2D eigenvalue weighted by molar-refractivity contribution is 5.99. The van der Waals surface area contributed by atoms with E-state index in [4.69, 9.17) is 9.15 Å². The minimum atomic E-state index is -0.221. The number of ether oxygens (including phenoxy) is 1. The van der Waals surface area contributed by atoms with Gasteiger partial charge in [0.25, 0.3) is 5.91 Å². The summed E-state index contributed by atoms with van der Waals surface area (Å²) in [5.74, 6) is 0.816. The lowest BCUT2D eigenvalue weighted by molar-refractivity contribution is 0.0921. The van der Waals surface area contributed by atoms with E-state index in [0.717, 1.165) is 22.3 Å². The zero-order valence-corrected chi connectivity index (χ0v) is 15.2. The van der Waals surface area contributed by atoms with Gasteiger partial charge in [0.05, 0.1) is 18.8 Å². The van der Waals surface area contributed by atoms with Crippen molar-refractivity contribution in [2.75, 3.05) is 13.7 Å². The number of hydrogen-bond acceptors (Lipinski definition) is 4. The van der Waals surface area contributed by atoms with Crippen LogP contribution in [0.2, 0.25) is 0 Å². The normalized spacial score (nSPS) is 12.4. The molecule has 0 spiro atoms. The van der Waals surface area contributed by atoms with Crippen LogP contribution >= 0.6 is 0 Å². The molecule has 1 atom stereocenters. The fraction of sp³-hybridized carbons (Fsp3) is 0.368. The number of rotatable bonds is 5. The molecule has 0 saturated carbocycles. The van der Waals surface area contributed by atoms with Gasteiger partial charge in [-0.3, -0.25) is 9.48 Å². The van der Waals surface area contributed by atoms with E-state index < -0.39 is 0 Å². The second-order valence-electron chi connectivity index (χ2n) is 6.35. The first kappa shape index (κ1) is 17.1. The first-order chi connectivity index (χ1) is 11.9. The van der Waals surface area contributed by atoms with Crippen molar-refractivity contribution in [2.45, 2.75) is 33.7 Å². The van der Waals surface area contributed by atoms with Crippen LogP contribution in [0.1, 0.15) is 40.5 Å². The Hall–Kier alpha value is -2.76. The SMILES string of the molecule is COc1ccc2c(C)c(C(=O)NC[C@H](C)n3nc(C)cc3C)oc2c1. The Balaban J connectivity index is 1.76. The Kier molecular flexibility index (Phi) is 4.53. The number of amides is 1. The molecule has 0 saturated heterocycles. The summed E-state index contributed by atoms with van der Waals surface area (Å²) in [5.41, 5.74) is 3.52. The molecule has 0 aliphatic carbocycles. The van der Waals surface area contributed by atoms with Crippen LogP contribution in [0.3, 0.4) is 0 Å². The van der Waals surface area contributed by atoms with Gasteiger partial charge in [-0.25, -0.2) is 0 Å². The molecule has 6 nitrogen and oxygen atoms in total. The topological polar surface area (TPSA) is 69.3 Å². The number of benzene rings is 1. The van der Waals surface area contributed by atoms with Gasteiger partial charge in [-0.15, -0.1) is 0 Å². The maximum absolute atomic E-state index is 12.5. The van der Waals surface area contributed by atoms with E-state index in [1.807, 2.05) is 50.6 Å². The highest BCUT2D eigenvalue weighted by atomic mass is 16.5. The van der Waals surface area contributed by atoms with Gasteiger partial charge < -0.3 is 14.5 Å². The first-order valence-electron chi connectivity index (χ1n) is 8.28. The Morgan fingerprint density at radius 3 is 2.72 bits per heavy atom. The van der Waals surface area contributed by atoms with Crippen molar-refractivity contribution < 1.29 is 13.9 Å². The number of hydrogen-bond donors (Lipinski definition) is 1. The van der Waals surface area contributed by atoms with Crippen molar-refractivity contribution in [1.29, 1.82) is 0 Å². The third kappa shape index (κ3) is 3.24. The largest absolute Gasteiger partial charge is 0.497 e. The van der Waals surface area contributed by atoms with Crippen LogP contribution in [0.4, 0.5) is 0 Å². The number of fused-ring (bicyclic) bond motifs is 1. The van der Waals surface area contributed by atoms with Crippen molar-refractivity contribution in [3.05, 3.63) is 47.0 Å². The molecule has 0 aliphatic rings. The Morgan fingerprint density at radius 2 is 2.08 bits per heavy atom. The monoisotopic (exact) mass is 341 g/mol. The van der Waals surface area contributed by atoms with E-state index in [1.54, 1.807) is 13.2 Å². The van der Waals surface area contributed by atoms with Gasteiger partial charge in [-0.1, -0.05) is 0 Å². The summed E-state index contributed by atoms with van der Waals surface area (Å²) in [4.78, 5) is 12.5. The second kappa shape index (κ2) is 6.63. The number of carbonyl (C=O) groups is 1. The van der Waals surface area contributed by atoms with Gasteiger partial charge in [0.2, 0.25) is 0 Å². The van der Waals surface area contributed by atoms with Crippen molar-refractivity contribution in [1.82, 2.24) is 15.1 Å². The molecule has 0 unspecified atom stereocenters. The number of nitrogens with zero attached hydrogens (tertiary/aromatic N) is 2. The fourth-order valence-corrected chi connectivity index (χ4v) is 3.05. The van der Waals surface area contributed by atoms with Crippen LogP contribution in [0.15, 0.2) is 28.7 Å². The number of furan rings is 1. The summed E-state index contributed by atoms with van der Waals surface area (Å²) in [5, 5.41) is 8.31. The van der Waals surface area contributed by atoms with Gasteiger partial charge >= 0.3 is 0 Å². The molecular weight excluding hydrogens is 318 g/mol. The number of methoxy groups -OCH3 is 1. The smallest absolute Gasteiger partial charge is 0.287 e. The number of carbonyl (C=O) groups excluding carboxylic acids is 1. The van der Waals surface area contributed by atoms with Crippen LogP contribution in [0.25, 0.3) is 11.0 Å². The Bertz CT molecular complexity index is 924. The molecule has 2 heterocycles. The molecular formula is C19H23N3O3. The average Bonchev–Trinajstić information content (AvgIpc) is 3.11. The van der Waals surface area contributed by atoms with Crippen molar-refractivity contribution >= 4 is 16.9 Å². The van der Waals surface area contributed by atoms with Gasteiger partial charge in [0, 0.05) is 29.3 Å². The Morgan fingerprint density at radius 1 is 1.32 bits per heavy atom. The third-order valence-corrected chi connectivity index (χ3v) is 4.37. The van der Waals surface area contributed by atoms with Gasteiger partial charge in [-0.05, 0) is 45.9 Å². The lowest BCUT2D eigenvalue weighted by Gasteiger charge is -2.14. The quantitative estimate of drug-likeness (QED) is 0.770. The van der Waals surface area contributed by atoms with Gasteiger partial charge in [0.1, 0.15) is 11.3 Å². The standard InChI is InChI=1S/C19H23N3O3/c1-11-8-12(2)22(21-11)13(3)10-20-19(23)18-14(4)16-7-6-15(24-5)9-17(16)25-18/h6-9,13H,10H2,1-5H3,(H,20,23)/t13-/m0/s1. The van der Waals surface area contributed by atoms with E-state index >= 15 is 0 Å². The van der Waals surface area contributed by atoms with E-state index in [-0.39, 0.29) is 11.9 Å². The minimum Gasteiger partial charge on any atom is -0.497 e. The van der Waals surface area contributed by atoms with Gasteiger partial charge in [0.15, 0.2) is 5.76 Å². The van der Waals surface area contributed by atoms with E-state index in [0.29, 0.717) is 23.6 Å². The van der Waals surface area contributed by atoms with Gasteiger partial charge in [-0.2, -0.15) is 5.10 Å². The summed E-state index contributed by atoms with van der Waals surface area (Å²) >= 11 is 0. The third-order valence-electron chi connectivity index (χ3n) is 4.37. The molecule has 3 rings (SSSR count). The molecule has 3 aromatic rings. The summed E-state index contributed by atoms with van der Waals surface area (Å²) in [6.45, 7) is 8.35. The molecule has 6 heteroatoms. The van der Waals surface area contributed by atoms with E-state index in [1.165, 1.54) is 0 Å². The van der Waals surface area contributed by atoms with E-state index in [9.17, 15) is 4.79 Å². The number of aromatic nitrogens is 2. The molecule has 2 aromatic heterocycles. The maximum atomic E-state index is 12.5. The molecule has 25 heavy (non-hydrogen) atoms. The molecule has 1 N–H and O–H groups in total. The molecule has 0 bridgehead atoms. The van der Waals surface area contributed by atoms with Crippen LogP contribution in [-0.4, -0.2) is 29.3 Å². The second-order valence-corrected chi connectivity index (χ2v) is 6.35. The predicted molar refractivity (Wildman–Crippen MR) is 96.2 cm³/mol. The molecule has 1 amide bonds. The van der Waals surface area contributed by atoms with Crippen LogP contribution in [0.5, 0.6) is 5.75 Å². The van der Waals surface area contributed by atoms with Crippen LogP contribution in [-0.2, 0) is 0 Å². The first-order valence-corrected chi connectivity index (χ1v) is 8.28. The zero-order chi connectivity index (χ0) is 18.1.